The van der Waals surface area contributed by atoms with Crippen LogP contribution < -0.4 is 16.4 Å². The second kappa shape index (κ2) is 6.86. The fourth-order valence-electron chi connectivity index (χ4n) is 2.93. The van der Waals surface area contributed by atoms with Gasteiger partial charge in [-0.2, -0.15) is 0 Å². The summed E-state index contributed by atoms with van der Waals surface area (Å²) < 4.78 is 0. The molecule has 1 saturated carbocycles. The number of carbonyl (C=O) groups is 1. The van der Waals surface area contributed by atoms with Gasteiger partial charge in [-0.05, 0) is 37.0 Å². The van der Waals surface area contributed by atoms with Crippen LogP contribution in [-0.4, -0.2) is 18.1 Å². The molecular formula is C15H21Cl2N3O. The molecule has 116 valence electrons. The van der Waals surface area contributed by atoms with Crippen LogP contribution in [0.5, 0.6) is 0 Å². The highest BCUT2D eigenvalue weighted by atomic mass is 35.5. The predicted molar refractivity (Wildman–Crippen MR) is 88.0 cm³/mol. The zero-order chi connectivity index (χ0) is 15.5. The van der Waals surface area contributed by atoms with Gasteiger partial charge >= 0.3 is 6.03 Å². The first kappa shape index (κ1) is 16.4. The lowest BCUT2D eigenvalue weighted by Gasteiger charge is -2.42. The zero-order valence-electron chi connectivity index (χ0n) is 12.1. The maximum Gasteiger partial charge on any atom is 0.319 e. The van der Waals surface area contributed by atoms with Crippen LogP contribution in [0.25, 0.3) is 0 Å². The van der Waals surface area contributed by atoms with Gasteiger partial charge in [0.25, 0.3) is 0 Å². The van der Waals surface area contributed by atoms with Crippen molar-refractivity contribution >= 4 is 34.9 Å². The van der Waals surface area contributed by atoms with Gasteiger partial charge in [0, 0.05) is 11.6 Å². The molecule has 2 unspecified atom stereocenters. The van der Waals surface area contributed by atoms with Crippen LogP contribution in [-0.2, 0) is 0 Å². The molecule has 2 rings (SSSR count). The molecule has 0 bridgehead atoms. The molecule has 1 fully saturated rings. The molecule has 1 aromatic carbocycles. The molecule has 1 aliphatic rings. The van der Waals surface area contributed by atoms with E-state index in [2.05, 4.69) is 17.6 Å². The van der Waals surface area contributed by atoms with Crippen LogP contribution >= 0.6 is 23.2 Å². The minimum absolute atomic E-state index is 0.293. The highest BCUT2D eigenvalue weighted by molar-refractivity contribution is 6.35. The number of nitrogens with one attached hydrogen (secondary N) is 2. The van der Waals surface area contributed by atoms with Gasteiger partial charge in [0.2, 0.25) is 0 Å². The Hall–Kier alpha value is -0.970. The smallest absolute Gasteiger partial charge is 0.319 e. The summed E-state index contributed by atoms with van der Waals surface area (Å²) >= 11 is 12.0. The van der Waals surface area contributed by atoms with Crippen molar-refractivity contribution in [3.63, 3.8) is 0 Å². The number of amides is 2. The van der Waals surface area contributed by atoms with Crippen LogP contribution in [0.3, 0.4) is 0 Å². The maximum atomic E-state index is 12.3. The third-order valence-electron chi connectivity index (χ3n) is 4.36. The Bertz CT molecular complexity index is 524. The second-order valence-electron chi connectivity index (χ2n) is 5.71. The Morgan fingerprint density at radius 2 is 2.19 bits per heavy atom. The van der Waals surface area contributed by atoms with Gasteiger partial charge in [0.15, 0.2) is 0 Å². The van der Waals surface area contributed by atoms with Crippen molar-refractivity contribution in [1.82, 2.24) is 5.32 Å². The van der Waals surface area contributed by atoms with E-state index in [-0.39, 0.29) is 11.6 Å². The number of urea groups is 1. The summed E-state index contributed by atoms with van der Waals surface area (Å²) in [5.41, 5.74) is 6.09. The van der Waals surface area contributed by atoms with E-state index in [9.17, 15) is 4.79 Å². The molecule has 1 aromatic rings. The molecule has 4 N–H and O–H groups in total. The number of carbonyl (C=O) groups excluding carboxylic acids is 1. The normalized spacial score (nSPS) is 25.4. The molecule has 2 amide bonds. The number of nitrogens with two attached hydrogens (primary N) is 1. The number of hydrogen-bond acceptors (Lipinski definition) is 2. The summed E-state index contributed by atoms with van der Waals surface area (Å²) in [6.45, 7) is 2.57. The Kier molecular flexibility index (Phi) is 5.36. The quantitative estimate of drug-likeness (QED) is 0.783. The highest BCUT2D eigenvalue weighted by Gasteiger charge is 2.38. The van der Waals surface area contributed by atoms with Gasteiger partial charge in [-0.3, -0.25) is 0 Å². The molecule has 21 heavy (non-hydrogen) atoms. The van der Waals surface area contributed by atoms with Gasteiger partial charge in [-0.1, -0.05) is 43.0 Å². The van der Waals surface area contributed by atoms with Crippen molar-refractivity contribution in [2.24, 2.45) is 11.7 Å². The monoisotopic (exact) mass is 329 g/mol. The number of anilines is 1. The summed E-state index contributed by atoms with van der Waals surface area (Å²) in [5.74, 6) is 0.358. The largest absolute Gasteiger partial charge is 0.331 e. The van der Waals surface area contributed by atoms with E-state index in [4.69, 9.17) is 28.9 Å². The van der Waals surface area contributed by atoms with Crippen molar-refractivity contribution in [1.29, 1.82) is 0 Å². The van der Waals surface area contributed by atoms with Crippen LogP contribution in [0.15, 0.2) is 18.2 Å². The molecule has 4 nitrogen and oxygen atoms in total. The van der Waals surface area contributed by atoms with E-state index in [1.807, 2.05) is 0 Å². The minimum atomic E-state index is -0.340. The molecule has 0 saturated heterocycles. The lowest BCUT2D eigenvalue weighted by Crippen LogP contribution is -2.60. The van der Waals surface area contributed by atoms with E-state index >= 15 is 0 Å². The van der Waals surface area contributed by atoms with Crippen LogP contribution in [0, 0.1) is 5.92 Å². The lowest BCUT2D eigenvalue weighted by atomic mass is 9.73. The van der Waals surface area contributed by atoms with Crippen LogP contribution in [0.1, 0.15) is 32.6 Å². The van der Waals surface area contributed by atoms with Gasteiger partial charge < -0.3 is 16.4 Å². The minimum Gasteiger partial charge on any atom is -0.331 e. The van der Waals surface area contributed by atoms with Crippen molar-refractivity contribution in [2.75, 3.05) is 11.9 Å². The summed E-state index contributed by atoms with van der Waals surface area (Å²) in [7, 11) is 0. The lowest BCUT2D eigenvalue weighted by molar-refractivity contribution is 0.166. The van der Waals surface area contributed by atoms with Gasteiger partial charge in [0.1, 0.15) is 0 Å². The Morgan fingerprint density at radius 3 is 2.86 bits per heavy atom. The maximum absolute atomic E-state index is 12.3. The molecule has 0 spiro atoms. The number of rotatable bonds is 3. The van der Waals surface area contributed by atoms with Gasteiger partial charge in [0.05, 0.1) is 16.2 Å². The summed E-state index contributed by atoms with van der Waals surface area (Å²) in [4.78, 5) is 12.3. The van der Waals surface area contributed by atoms with E-state index in [0.29, 0.717) is 28.2 Å². The topological polar surface area (TPSA) is 67.1 Å². The van der Waals surface area contributed by atoms with Crippen molar-refractivity contribution in [3.05, 3.63) is 28.2 Å². The van der Waals surface area contributed by atoms with E-state index in [1.165, 1.54) is 6.42 Å². The van der Waals surface area contributed by atoms with E-state index in [0.717, 1.165) is 19.3 Å². The average molecular weight is 330 g/mol. The number of hydrogen-bond donors (Lipinski definition) is 3. The fourth-order valence-corrected chi connectivity index (χ4v) is 3.26. The average Bonchev–Trinajstić information content (AvgIpc) is 2.45. The first-order valence-corrected chi connectivity index (χ1v) is 7.97. The molecule has 2 atom stereocenters. The molecule has 0 aliphatic heterocycles. The zero-order valence-corrected chi connectivity index (χ0v) is 13.6. The number of benzene rings is 1. The van der Waals surface area contributed by atoms with Crippen molar-refractivity contribution in [3.8, 4) is 0 Å². The summed E-state index contributed by atoms with van der Waals surface area (Å²) in [6.07, 6.45) is 4.25. The number of halogens is 2. The summed E-state index contributed by atoms with van der Waals surface area (Å²) in [5, 5.41) is 6.78. The van der Waals surface area contributed by atoms with Gasteiger partial charge in [-0.15, -0.1) is 0 Å². The van der Waals surface area contributed by atoms with Gasteiger partial charge in [-0.25, -0.2) is 4.79 Å². The molecule has 6 heteroatoms. The van der Waals surface area contributed by atoms with E-state index in [1.54, 1.807) is 18.2 Å². The standard InChI is InChI=1S/C15H21Cl2N3O/c1-10-4-2-3-7-15(10,9-18)20-14(21)19-13-8-11(16)5-6-12(13)17/h5-6,8,10H,2-4,7,9,18H2,1H3,(H2,19,20,21). The van der Waals surface area contributed by atoms with Crippen molar-refractivity contribution < 1.29 is 4.79 Å². The second-order valence-corrected chi connectivity index (χ2v) is 6.55. The van der Waals surface area contributed by atoms with Crippen molar-refractivity contribution in [2.45, 2.75) is 38.1 Å². The third kappa shape index (κ3) is 3.82. The molecular weight excluding hydrogens is 309 g/mol. The van der Waals surface area contributed by atoms with Crippen LogP contribution in [0.4, 0.5) is 10.5 Å². The van der Waals surface area contributed by atoms with Crippen LogP contribution in [0.2, 0.25) is 10.0 Å². The van der Waals surface area contributed by atoms with E-state index < -0.39 is 0 Å². The first-order valence-electron chi connectivity index (χ1n) is 7.21. The Balaban J connectivity index is 2.08. The SMILES string of the molecule is CC1CCCCC1(CN)NC(=O)Nc1cc(Cl)ccc1Cl. The molecule has 0 heterocycles. The molecule has 1 aliphatic carbocycles. The predicted octanol–water partition coefficient (Wildman–Crippen LogP) is 4.02. The Morgan fingerprint density at radius 1 is 1.43 bits per heavy atom. The first-order chi connectivity index (χ1) is 9.97. The molecule has 0 radical (unpaired) electrons. The highest BCUT2D eigenvalue weighted by Crippen LogP contribution is 2.33. The third-order valence-corrected chi connectivity index (χ3v) is 4.92. The molecule has 0 aromatic heterocycles. The summed E-state index contributed by atoms with van der Waals surface area (Å²) in [6, 6.07) is 4.67. The fraction of sp³-hybridized carbons (Fsp3) is 0.533. The Labute approximate surface area is 135 Å².